The second kappa shape index (κ2) is 8.49. The summed E-state index contributed by atoms with van der Waals surface area (Å²) in [5, 5.41) is 12.1. The Labute approximate surface area is 144 Å². The van der Waals surface area contributed by atoms with Crippen molar-refractivity contribution in [1.29, 1.82) is 0 Å². The minimum absolute atomic E-state index is 0.0392. The number of rotatable bonds is 6. The molecule has 2 aliphatic rings. The molecular weight excluding hydrogens is 308 g/mol. The third-order valence-electron chi connectivity index (χ3n) is 5.50. The maximum Gasteiger partial charge on any atom is 0.306 e. The quantitative estimate of drug-likeness (QED) is 0.726. The summed E-state index contributed by atoms with van der Waals surface area (Å²) in [5.41, 5.74) is 0. The van der Waals surface area contributed by atoms with Crippen molar-refractivity contribution in [3.8, 4) is 0 Å². The van der Waals surface area contributed by atoms with Crippen LogP contribution >= 0.6 is 0 Å². The lowest BCUT2D eigenvalue weighted by molar-refractivity contribution is -0.142. The van der Waals surface area contributed by atoms with Gasteiger partial charge >= 0.3 is 5.97 Å². The lowest BCUT2D eigenvalue weighted by atomic mass is 9.91. The molecule has 0 radical (unpaired) electrons. The van der Waals surface area contributed by atoms with Gasteiger partial charge in [-0.1, -0.05) is 13.3 Å². The molecule has 6 nitrogen and oxygen atoms in total. The van der Waals surface area contributed by atoms with Crippen LogP contribution in [0.3, 0.4) is 0 Å². The van der Waals surface area contributed by atoms with Crippen LogP contribution in [0.2, 0.25) is 0 Å². The van der Waals surface area contributed by atoms with Gasteiger partial charge in [-0.3, -0.25) is 14.4 Å². The van der Waals surface area contributed by atoms with Crippen molar-refractivity contribution in [3.05, 3.63) is 0 Å². The summed E-state index contributed by atoms with van der Waals surface area (Å²) in [4.78, 5) is 38.0. The first-order valence-corrected chi connectivity index (χ1v) is 9.25. The molecule has 2 rings (SSSR count). The minimum Gasteiger partial charge on any atom is -0.481 e. The molecule has 2 fully saturated rings. The molecule has 136 valence electrons. The van der Waals surface area contributed by atoms with Gasteiger partial charge in [0.1, 0.15) is 0 Å². The zero-order valence-electron chi connectivity index (χ0n) is 14.8. The van der Waals surface area contributed by atoms with Crippen molar-refractivity contribution in [2.24, 2.45) is 17.8 Å². The Hall–Kier alpha value is -1.59. The van der Waals surface area contributed by atoms with Crippen LogP contribution in [0.15, 0.2) is 0 Å². The molecule has 0 aromatic carbocycles. The molecule has 2 amide bonds. The second-order valence-electron chi connectivity index (χ2n) is 7.30. The van der Waals surface area contributed by atoms with Gasteiger partial charge in [0.15, 0.2) is 0 Å². The summed E-state index contributed by atoms with van der Waals surface area (Å²) in [6.07, 6.45) is 5.30. The first-order chi connectivity index (χ1) is 11.4. The monoisotopic (exact) mass is 338 g/mol. The van der Waals surface area contributed by atoms with Gasteiger partial charge in [0.25, 0.3) is 0 Å². The first kappa shape index (κ1) is 18.7. The Morgan fingerprint density at radius 2 is 1.75 bits per heavy atom. The van der Waals surface area contributed by atoms with Crippen molar-refractivity contribution < 1.29 is 19.5 Å². The molecule has 1 aliphatic heterocycles. The fourth-order valence-corrected chi connectivity index (χ4v) is 3.83. The van der Waals surface area contributed by atoms with Crippen molar-refractivity contribution in [2.45, 2.75) is 64.8 Å². The zero-order chi connectivity index (χ0) is 17.7. The van der Waals surface area contributed by atoms with E-state index in [9.17, 15) is 14.4 Å². The molecule has 1 saturated carbocycles. The predicted octanol–water partition coefficient (Wildman–Crippen LogP) is 2.03. The Balaban J connectivity index is 1.92. The van der Waals surface area contributed by atoms with Crippen molar-refractivity contribution in [1.82, 2.24) is 10.2 Å². The number of carbonyl (C=O) groups excluding carboxylic acids is 2. The summed E-state index contributed by atoms with van der Waals surface area (Å²) in [6.45, 7) is 5.26. The van der Waals surface area contributed by atoms with E-state index in [-0.39, 0.29) is 29.7 Å². The highest BCUT2D eigenvalue weighted by Gasteiger charge is 2.39. The van der Waals surface area contributed by atoms with Gasteiger partial charge in [0, 0.05) is 25.0 Å². The van der Waals surface area contributed by atoms with Gasteiger partial charge in [-0.2, -0.15) is 0 Å². The molecule has 1 saturated heterocycles. The SMILES string of the molecule is CCCCNC(=O)C1CCC(C)N(C(=O)[C@@H]2CC[C@H](C(=O)O)C2)C1. The lowest BCUT2D eigenvalue weighted by Gasteiger charge is -2.38. The number of aliphatic carboxylic acids is 1. The van der Waals surface area contributed by atoms with Gasteiger partial charge in [0.05, 0.1) is 11.8 Å². The van der Waals surface area contributed by atoms with Gasteiger partial charge in [-0.25, -0.2) is 0 Å². The smallest absolute Gasteiger partial charge is 0.306 e. The maximum absolute atomic E-state index is 12.8. The molecule has 0 aromatic heterocycles. The zero-order valence-corrected chi connectivity index (χ0v) is 14.8. The molecule has 1 aliphatic carbocycles. The first-order valence-electron chi connectivity index (χ1n) is 9.25. The fraction of sp³-hybridized carbons (Fsp3) is 0.833. The number of piperidine rings is 1. The Morgan fingerprint density at radius 1 is 1.08 bits per heavy atom. The van der Waals surface area contributed by atoms with Gasteiger partial charge < -0.3 is 15.3 Å². The van der Waals surface area contributed by atoms with E-state index in [1.807, 2.05) is 11.8 Å². The van der Waals surface area contributed by atoms with Crippen molar-refractivity contribution >= 4 is 17.8 Å². The molecule has 24 heavy (non-hydrogen) atoms. The van der Waals surface area contributed by atoms with Crippen LogP contribution in [0.25, 0.3) is 0 Å². The van der Waals surface area contributed by atoms with E-state index in [0.717, 1.165) is 25.7 Å². The van der Waals surface area contributed by atoms with Crippen LogP contribution in [-0.4, -0.2) is 46.9 Å². The molecule has 2 N–H and O–H groups in total. The van der Waals surface area contributed by atoms with Crippen LogP contribution in [0, 0.1) is 17.8 Å². The van der Waals surface area contributed by atoms with Gasteiger partial charge in [-0.15, -0.1) is 0 Å². The highest BCUT2D eigenvalue weighted by molar-refractivity contribution is 5.83. The molecule has 6 heteroatoms. The average Bonchev–Trinajstić information content (AvgIpc) is 3.05. The van der Waals surface area contributed by atoms with Crippen LogP contribution in [-0.2, 0) is 14.4 Å². The van der Waals surface area contributed by atoms with E-state index in [0.29, 0.717) is 32.4 Å². The summed E-state index contributed by atoms with van der Waals surface area (Å²) in [6, 6.07) is 0.126. The second-order valence-corrected chi connectivity index (χ2v) is 7.30. The number of carboxylic acids is 1. The van der Waals surface area contributed by atoms with Gasteiger partial charge in [-0.05, 0) is 45.4 Å². The molecule has 4 atom stereocenters. The van der Waals surface area contributed by atoms with E-state index in [1.165, 1.54) is 0 Å². The topological polar surface area (TPSA) is 86.7 Å². The van der Waals surface area contributed by atoms with Crippen molar-refractivity contribution in [2.75, 3.05) is 13.1 Å². The molecule has 1 heterocycles. The van der Waals surface area contributed by atoms with E-state index >= 15 is 0 Å². The summed E-state index contributed by atoms with van der Waals surface area (Å²) >= 11 is 0. The number of carboxylic acid groups (broad SMARTS) is 1. The maximum atomic E-state index is 12.8. The van der Waals surface area contributed by atoms with E-state index in [1.54, 1.807) is 0 Å². The third-order valence-corrected chi connectivity index (χ3v) is 5.50. The Bertz CT molecular complexity index is 480. The Morgan fingerprint density at radius 3 is 2.38 bits per heavy atom. The van der Waals surface area contributed by atoms with Crippen molar-refractivity contribution in [3.63, 3.8) is 0 Å². The number of nitrogens with one attached hydrogen (secondary N) is 1. The minimum atomic E-state index is -0.801. The van der Waals surface area contributed by atoms with E-state index < -0.39 is 11.9 Å². The third kappa shape index (κ3) is 4.48. The average molecular weight is 338 g/mol. The van der Waals surface area contributed by atoms with Crippen LogP contribution < -0.4 is 5.32 Å². The highest BCUT2D eigenvalue weighted by Crippen LogP contribution is 2.34. The number of hydrogen-bond acceptors (Lipinski definition) is 3. The summed E-state index contributed by atoms with van der Waals surface area (Å²) < 4.78 is 0. The Kier molecular flexibility index (Phi) is 6.63. The van der Waals surface area contributed by atoms with Crippen LogP contribution in [0.5, 0.6) is 0 Å². The number of amides is 2. The standard InChI is InChI=1S/C18H30N2O4/c1-3-4-9-19-16(21)15-6-5-12(2)20(11-15)17(22)13-7-8-14(10-13)18(23)24/h12-15H,3-11H2,1-2H3,(H,19,21)(H,23,24)/t12?,13-,14+,15?/m1/s1. The number of nitrogens with zero attached hydrogens (tertiary/aromatic N) is 1. The molecule has 0 aromatic rings. The largest absolute Gasteiger partial charge is 0.481 e. The normalized spacial score (nSPS) is 30.2. The van der Waals surface area contributed by atoms with Crippen LogP contribution in [0.1, 0.15) is 58.8 Å². The van der Waals surface area contributed by atoms with Gasteiger partial charge in [0.2, 0.25) is 11.8 Å². The molecular formula is C18H30N2O4. The number of hydrogen-bond donors (Lipinski definition) is 2. The predicted molar refractivity (Wildman–Crippen MR) is 90.3 cm³/mol. The lowest BCUT2D eigenvalue weighted by Crippen LogP contribution is -2.51. The number of unbranched alkanes of at least 4 members (excludes halogenated alkanes) is 1. The van der Waals surface area contributed by atoms with E-state index in [4.69, 9.17) is 5.11 Å². The summed E-state index contributed by atoms with van der Waals surface area (Å²) in [5.74, 6) is -1.45. The number of carbonyl (C=O) groups is 3. The number of likely N-dealkylation sites (tertiary alicyclic amines) is 1. The molecule has 2 unspecified atom stereocenters. The fourth-order valence-electron chi connectivity index (χ4n) is 3.83. The highest BCUT2D eigenvalue weighted by atomic mass is 16.4. The summed E-state index contributed by atoms with van der Waals surface area (Å²) in [7, 11) is 0. The van der Waals surface area contributed by atoms with E-state index in [2.05, 4.69) is 12.2 Å². The molecule has 0 bridgehead atoms. The van der Waals surface area contributed by atoms with Crippen LogP contribution in [0.4, 0.5) is 0 Å². The molecule has 0 spiro atoms.